The van der Waals surface area contributed by atoms with Crippen LogP contribution in [0.1, 0.15) is 43.0 Å². The quantitative estimate of drug-likeness (QED) is 0.379. The van der Waals surface area contributed by atoms with Crippen LogP contribution >= 0.6 is 11.8 Å². The number of fused-ring (bicyclic) bond motifs is 5. The van der Waals surface area contributed by atoms with E-state index >= 15 is 0 Å². The molecule has 2 nitrogen and oxygen atoms in total. The van der Waals surface area contributed by atoms with Gasteiger partial charge in [-0.2, -0.15) is 0 Å². The summed E-state index contributed by atoms with van der Waals surface area (Å²) in [5.74, 6) is 1.73. The van der Waals surface area contributed by atoms with E-state index in [4.69, 9.17) is 16.5 Å². The molecular weight excluding hydrogens is 390 g/mol. The van der Waals surface area contributed by atoms with Gasteiger partial charge in [0, 0.05) is 28.5 Å². The lowest BCUT2D eigenvalue weighted by molar-refractivity contribution is 0.514. The highest BCUT2D eigenvalue weighted by Gasteiger charge is 2.35. The van der Waals surface area contributed by atoms with Crippen molar-refractivity contribution in [3.8, 4) is 16.9 Å². The summed E-state index contributed by atoms with van der Waals surface area (Å²) >= 11 is 6.81. The molecule has 2 heterocycles. The Balaban J connectivity index is 1.84. The molecule has 0 saturated carbocycles. The molecule has 0 bridgehead atoms. The van der Waals surface area contributed by atoms with E-state index in [2.05, 4.69) is 88.4 Å². The van der Waals surface area contributed by atoms with Crippen LogP contribution in [0.4, 0.5) is 5.69 Å². The smallest absolute Gasteiger partial charge is 0.136 e. The highest BCUT2D eigenvalue weighted by molar-refractivity contribution is 6.28. The van der Waals surface area contributed by atoms with Crippen molar-refractivity contribution in [2.45, 2.75) is 33.2 Å². The minimum atomic E-state index is -0.264. The maximum absolute atomic E-state index is 6.81. The van der Waals surface area contributed by atoms with Crippen LogP contribution < -0.4 is 9.16 Å². The summed E-state index contributed by atoms with van der Waals surface area (Å²) in [7, 11) is 0. The second kappa shape index (κ2) is 6.78. The van der Waals surface area contributed by atoms with Gasteiger partial charge in [0.25, 0.3) is 0 Å². The molecule has 2 aliphatic rings. The lowest BCUT2D eigenvalue weighted by Gasteiger charge is -2.39. The van der Waals surface area contributed by atoms with Crippen molar-refractivity contribution >= 4 is 34.9 Å². The minimum Gasteiger partial charge on any atom is -0.456 e. The fourth-order valence-electron chi connectivity index (χ4n) is 4.54. The Bertz CT molecular complexity index is 1240. The van der Waals surface area contributed by atoms with Gasteiger partial charge in [0.05, 0.1) is 11.2 Å². The minimum absolute atomic E-state index is 0.264. The first-order chi connectivity index (χ1) is 14.4. The Kier molecular flexibility index (Phi) is 4.30. The molecule has 5 rings (SSSR count). The van der Waals surface area contributed by atoms with Gasteiger partial charge in [-0.1, -0.05) is 54.6 Å². The van der Waals surface area contributed by atoms with Gasteiger partial charge in [-0.3, -0.25) is 4.42 Å². The zero-order valence-corrected chi connectivity index (χ0v) is 18.4. The molecule has 0 atom stereocenters. The van der Waals surface area contributed by atoms with E-state index < -0.39 is 0 Å². The van der Waals surface area contributed by atoms with Gasteiger partial charge in [0.1, 0.15) is 11.5 Å². The lowest BCUT2D eigenvalue weighted by atomic mass is 9.83. The van der Waals surface area contributed by atoms with Gasteiger partial charge < -0.3 is 4.74 Å². The summed E-state index contributed by atoms with van der Waals surface area (Å²) in [6.45, 7) is 8.54. The van der Waals surface area contributed by atoms with Crippen LogP contribution in [-0.2, 0) is 0 Å². The molecule has 0 aliphatic carbocycles. The Hall–Kier alpha value is -2.97. The molecule has 30 heavy (non-hydrogen) atoms. The highest BCUT2D eigenvalue weighted by atomic mass is 35.5. The molecule has 0 spiro atoms. The number of anilines is 1. The Labute approximate surface area is 183 Å². The predicted molar refractivity (Wildman–Crippen MR) is 128 cm³/mol. The van der Waals surface area contributed by atoms with Crippen molar-refractivity contribution in [2.24, 2.45) is 0 Å². The van der Waals surface area contributed by atoms with E-state index in [9.17, 15) is 0 Å². The molecule has 2 aliphatic heterocycles. The van der Waals surface area contributed by atoms with Crippen LogP contribution in [-0.4, -0.2) is 5.54 Å². The third-order valence-corrected chi connectivity index (χ3v) is 6.60. The molecule has 150 valence electrons. The number of hydrogen-bond donors (Lipinski definition) is 0. The molecule has 0 unspecified atom stereocenters. The average Bonchev–Trinajstić information content (AvgIpc) is 2.72. The molecule has 3 aromatic rings. The second-order valence-corrected chi connectivity index (χ2v) is 8.95. The summed E-state index contributed by atoms with van der Waals surface area (Å²) in [4.78, 5) is 0. The highest BCUT2D eigenvalue weighted by Crippen LogP contribution is 2.51. The fraction of sp³-hybridized carbons (Fsp3) is 0.185. The molecule has 3 aromatic carbocycles. The summed E-state index contributed by atoms with van der Waals surface area (Å²) in [6.07, 6.45) is 4.38. The third-order valence-electron chi connectivity index (χ3n) is 5.98. The predicted octanol–water partition coefficient (Wildman–Crippen LogP) is 7.71. The van der Waals surface area contributed by atoms with Gasteiger partial charge in [-0.15, -0.1) is 0 Å². The number of para-hydroxylation sites is 1. The van der Waals surface area contributed by atoms with E-state index in [1.807, 2.05) is 16.6 Å². The Morgan fingerprint density at radius 1 is 0.867 bits per heavy atom. The van der Waals surface area contributed by atoms with Crippen molar-refractivity contribution in [3.05, 3.63) is 89.0 Å². The zero-order chi connectivity index (χ0) is 21.0. The zero-order valence-electron chi connectivity index (χ0n) is 17.7. The normalized spacial score (nSPS) is 17.6. The molecule has 0 radical (unpaired) electrons. The molecule has 0 saturated heterocycles. The van der Waals surface area contributed by atoms with E-state index in [1.165, 1.54) is 16.7 Å². The monoisotopic (exact) mass is 413 g/mol. The first-order valence-corrected chi connectivity index (χ1v) is 10.6. The summed E-state index contributed by atoms with van der Waals surface area (Å²) in [6, 6.07) is 20.9. The van der Waals surface area contributed by atoms with Crippen molar-refractivity contribution in [1.29, 1.82) is 0 Å². The first kappa shape index (κ1) is 19.0. The fourth-order valence-corrected chi connectivity index (χ4v) is 4.73. The molecule has 0 N–H and O–H groups in total. The van der Waals surface area contributed by atoms with Crippen LogP contribution in [0.15, 0.2) is 66.7 Å². The van der Waals surface area contributed by atoms with E-state index in [0.29, 0.717) is 0 Å². The topological polar surface area (TPSA) is 12.5 Å². The van der Waals surface area contributed by atoms with Crippen LogP contribution in [0.2, 0.25) is 0 Å². The molecule has 3 heteroatoms. The Morgan fingerprint density at radius 3 is 2.40 bits per heavy atom. The van der Waals surface area contributed by atoms with Crippen molar-refractivity contribution in [1.82, 2.24) is 0 Å². The number of halogens is 1. The maximum Gasteiger partial charge on any atom is 0.136 e. The summed E-state index contributed by atoms with van der Waals surface area (Å²) < 4.78 is 8.33. The van der Waals surface area contributed by atoms with Crippen LogP contribution in [0, 0.1) is 6.92 Å². The third kappa shape index (κ3) is 2.86. The van der Waals surface area contributed by atoms with Crippen molar-refractivity contribution in [3.63, 3.8) is 0 Å². The second-order valence-electron chi connectivity index (χ2n) is 8.61. The van der Waals surface area contributed by atoms with Crippen molar-refractivity contribution in [2.75, 3.05) is 4.42 Å². The number of allylic oxidation sites excluding steroid dienone is 1. The summed E-state index contributed by atoms with van der Waals surface area (Å²) in [5, 5.41) is 0. The molecule has 0 amide bonds. The summed E-state index contributed by atoms with van der Waals surface area (Å²) in [5.41, 5.74) is 8.84. The first-order valence-electron chi connectivity index (χ1n) is 10.2. The number of ether oxygens (including phenoxy) is 1. The van der Waals surface area contributed by atoms with Gasteiger partial charge in [0.15, 0.2) is 0 Å². The SMILES string of the molecule is CC1=CC(C)(C)N(Cl)c2ccc3c(c21)C(=Cc1ccccc1C)Oc1ccccc1-3. The average molecular weight is 414 g/mol. The van der Waals surface area contributed by atoms with Crippen LogP contribution in [0.3, 0.4) is 0 Å². The number of rotatable bonds is 1. The maximum atomic E-state index is 6.81. The van der Waals surface area contributed by atoms with Crippen LogP contribution in [0.25, 0.3) is 28.5 Å². The lowest BCUT2D eigenvalue weighted by Crippen LogP contribution is -2.38. The van der Waals surface area contributed by atoms with E-state index in [1.54, 1.807) is 0 Å². The largest absolute Gasteiger partial charge is 0.456 e. The number of aryl methyl sites for hydroxylation is 1. The van der Waals surface area contributed by atoms with Crippen molar-refractivity contribution < 1.29 is 4.74 Å². The standard InChI is InChI=1S/C27H24ClNO/c1-17-9-5-6-10-19(17)15-24-26-21(20-11-7-8-12-23(20)30-24)13-14-22-25(26)18(2)16-27(3,4)29(22)28/h5-16H,1-4H3. The van der Waals surface area contributed by atoms with Gasteiger partial charge >= 0.3 is 0 Å². The van der Waals surface area contributed by atoms with E-state index in [0.717, 1.165) is 39.4 Å². The molecule has 0 aromatic heterocycles. The molecular formula is C27H24ClNO. The van der Waals surface area contributed by atoms with E-state index in [-0.39, 0.29) is 5.54 Å². The number of benzene rings is 3. The number of nitrogens with zero attached hydrogens (tertiary/aromatic N) is 1. The van der Waals surface area contributed by atoms with Crippen LogP contribution in [0.5, 0.6) is 5.75 Å². The molecule has 0 fully saturated rings. The Morgan fingerprint density at radius 2 is 1.60 bits per heavy atom. The van der Waals surface area contributed by atoms with Gasteiger partial charge in [-0.05, 0) is 68.2 Å². The van der Waals surface area contributed by atoms with Gasteiger partial charge in [-0.25, -0.2) is 0 Å². The number of hydrogen-bond acceptors (Lipinski definition) is 2. The van der Waals surface area contributed by atoms with Gasteiger partial charge in [0.2, 0.25) is 0 Å².